The van der Waals surface area contributed by atoms with Gasteiger partial charge in [0, 0.05) is 10.7 Å². The van der Waals surface area contributed by atoms with E-state index in [0.29, 0.717) is 4.47 Å². The van der Waals surface area contributed by atoms with Gasteiger partial charge in [0.05, 0.1) is 5.69 Å². The van der Waals surface area contributed by atoms with Crippen molar-refractivity contribution in [1.29, 1.82) is 0 Å². The molecule has 1 aromatic carbocycles. The number of nitrogens with one attached hydrogen (secondary N) is 1. The van der Waals surface area contributed by atoms with Crippen molar-refractivity contribution in [3.8, 4) is 0 Å². The predicted octanol–water partition coefficient (Wildman–Crippen LogP) is 4.03. The van der Waals surface area contributed by atoms with Crippen LogP contribution in [-0.2, 0) is 0 Å². The molecule has 7 heteroatoms. The second-order valence-corrected chi connectivity index (χ2v) is 4.82. The third-order valence-electron chi connectivity index (χ3n) is 2.24. The van der Waals surface area contributed by atoms with Gasteiger partial charge < -0.3 is 5.32 Å². The maximum Gasteiger partial charge on any atom is 0.261 e. The second-order valence-electron chi connectivity index (χ2n) is 3.54. The predicted molar refractivity (Wildman–Crippen MR) is 71.3 cm³/mol. The van der Waals surface area contributed by atoms with Crippen LogP contribution >= 0.6 is 27.5 Å². The van der Waals surface area contributed by atoms with Crippen molar-refractivity contribution in [3.05, 3.63) is 57.3 Å². The fourth-order valence-electron chi connectivity index (χ4n) is 1.41. The summed E-state index contributed by atoms with van der Waals surface area (Å²) < 4.78 is 27.4. The van der Waals surface area contributed by atoms with Gasteiger partial charge in [0.1, 0.15) is 17.2 Å². The molecule has 0 aliphatic rings. The first-order chi connectivity index (χ1) is 8.99. The number of halogens is 4. The van der Waals surface area contributed by atoms with Gasteiger partial charge in [-0.05, 0) is 34.1 Å². The van der Waals surface area contributed by atoms with E-state index in [1.807, 2.05) is 0 Å². The van der Waals surface area contributed by atoms with Crippen molar-refractivity contribution in [2.45, 2.75) is 0 Å². The molecule has 0 atom stereocenters. The first-order valence-electron chi connectivity index (χ1n) is 5.05. The Labute approximate surface area is 120 Å². The maximum atomic E-state index is 13.4. The van der Waals surface area contributed by atoms with E-state index in [4.69, 9.17) is 11.6 Å². The van der Waals surface area contributed by atoms with Gasteiger partial charge in [-0.25, -0.2) is 13.8 Å². The van der Waals surface area contributed by atoms with Crippen LogP contribution in [0.1, 0.15) is 10.4 Å². The summed E-state index contributed by atoms with van der Waals surface area (Å²) in [6.07, 6.45) is 1.43. The molecule has 2 rings (SSSR count). The summed E-state index contributed by atoms with van der Waals surface area (Å²) in [5, 5.41) is 2.33. The van der Waals surface area contributed by atoms with E-state index in [0.717, 1.165) is 12.1 Å². The largest absolute Gasteiger partial charge is 0.319 e. The molecule has 19 heavy (non-hydrogen) atoms. The van der Waals surface area contributed by atoms with E-state index in [9.17, 15) is 13.6 Å². The van der Waals surface area contributed by atoms with Crippen molar-refractivity contribution >= 4 is 39.1 Å². The highest BCUT2D eigenvalue weighted by Crippen LogP contribution is 2.24. The molecule has 0 spiro atoms. The van der Waals surface area contributed by atoms with Crippen LogP contribution < -0.4 is 5.32 Å². The van der Waals surface area contributed by atoms with Crippen LogP contribution in [0.3, 0.4) is 0 Å². The van der Waals surface area contributed by atoms with Crippen LogP contribution in [0.2, 0.25) is 5.15 Å². The fourth-order valence-corrected chi connectivity index (χ4v) is 1.89. The number of carbonyl (C=O) groups is 1. The van der Waals surface area contributed by atoms with Crippen LogP contribution in [-0.4, -0.2) is 10.9 Å². The minimum absolute atomic E-state index is 0.0216. The number of anilines is 1. The van der Waals surface area contributed by atoms with Gasteiger partial charge in [-0.3, -0.25) is 4.79 Å². The van der Waals surface area contributed by atoms with Gasteiger partial charge in [0.25, 0.3) is 5.91 Å². The van der Waals surface area contributed by atoms with Crippen molar-refractivity contribution < 1.29 is 13.6 Å². The third kappa shape index (κ3) is 3.08. The molecule has 0 saturated heterocycles. The first kappa shape index (κ1) is 13.9. The minimum Gasteiger partial charge on any atom is -0.319 e. The summed E-state index contributed by atoms with van der Waals surface area (Å²) in [7, 11) is 0. The summed E-state index contributed by atoms with van der Waals surface area (Å²) in [4.78, 5) is 15.6. The molecule has 0 saturated carbocycles. The molecule has 0 fully saturated rings. The molecule has 2 aromatic rings. The lowest BCUT2D eigenvalue weighted by Gasteiger charge is -2.08. The Kier molecular flexibility index (Phi) is 4.11. The molecule has 98 valence electrons. The molecule has 0 radical (unpaired) electrons. The Hall–Kier alpha value is -1.53. The molecule has 1 aromatic heterocycles. The fraction of sp³-hybridized carbons (Fsp3) is 0. The second kappa shape index (κ2) is 5.63. The number of hydrogen-bond donors (Lipinski definition) is 1. The zero-order valence-corrected chi connectivity index (χ0v) is 11.6. The number of aromatic nitrogens is 1. The van der Waals surface area contributed by atoms with Gasteiger partial charge in [-0.1, -0.05) is 17.7 Å². The molecule has 1 amide bonds. The lowest BCUT2D eigenvalue weighted by atomic mass is 10.2. The van der Waals surface area contributed by atoms with Gasteiger partial charge >= 0.3 is 0 Å². The summed E-state index contributed by atoms with van der Waals surface area (Å²) >= 11 is 8.92. The van der Waals surface area contributed by atoms with Crippen LogP contribution in [0.4, 0.5) is 14.5 Å². The van der Waals surface area contributed by atoms with Crippen molar-refractivity contribution in [2.75, 3.05) is 5.32 Å². The molecule has 1 heterocycles. The summed E-state index contributed by atoms with van der Waals surface area (Å²) in [5.41, 5.74) is -0.512. The van der Waals surface area contributed by atoms with Crippen LogP contribution in [0.15, 0.2) is 34.9 Å². The summed E-state index contributed by atoms with van der Waals surface area (Å²) in [6.45, 7) is 0. The third-order valence-corrected chi connectivity index (χ3v) is 2.98. The summed E-state index contributed by atoms with van der Waals surface area (Å²) in [6, 6.07) is 4.65. The zero-order chi connectivity index (χ0) is 14.0. The van der Waals surface area contributed by atoms with Crippen molar-refractivity contribution in [3.63, 3.8) is 0 Å². The molecule has 0 bridgehead atoms. The SMILES string of the molecule is O=C(Nc1cc(Br)cnc1Cl)c1c(F)cccc1F. The number of amides is 1. The number of rotatable bonds is 2. The van der Waals surface area contributed by atoms with Crippen LogP contribution in [0.25, 0.3) is 0 Å². The normalized spacial score (nSPS) is 10.3. The number of hydrogen-bond acceptors (Lipinski definition) is 2. The molecule has 1 N–H and O–H groups in total. The summed E-state index contributed by atoms with van der Waals surface area (Å²) in [5.74, 6) is -2.83. The average Bonchev–Trinajstić information content (AvgIpc) is 2.33. The van der Waals surface area contributed by atoms with Gasteiger partial charge in [0.15, 0.2) is 5.15 Å². The molecule has 0 aliphatic carbocycles. The molecule has 0 unspecified atom stereocenters. The maximum absolute atomic E-state index is 13.4. The number of pyridine rings is 1. The van der Waals surface area contributed by atoms with E-state index in [2.05, 4.69) is 26.2 Å². The highest BCUT2D eigenvalue weighted by molar-refractivity contribution is 9.10. The molecule has 3 nitrogen and oxygen atoms in total. The number of nitrogens with zero attached hydrogens (tertiary/aromatic N) is 1. The Morgan fingerprint density at radius 3 is 2.58 bits per heavy atom. The van der Waals surface area contributed by atoms with Gasteiger partial charge in [-0.15, -0.1) is 0 Å². The van der Waals surface area contributed by atoms with Gasteiger partial charge in [-0.2, -0.15) is 0 Å². The molecular weight excluding hydrogens is 341 g/mol. The smallest absolute Gasteiger partial charge is 0.261 e. The first-order valence-corrected chi connectivity index (χ1v) is 6.22. The van der Waals surface area contributed by atoms with Crippen LogP contribution in [0.5, 0.6) is 0 Å². The Bertz CT molecular complexity index is 631. The zero-order valence-electron chi connectivity index (χ0n) is 9.25. The topological polar surface area (TPSA) is 42.0 Å². The lowest BCUT2D eigenvalue weighted by molar-refractivity contribution is 0.101. The lowest BCUT2D eigenvalue weighted by Crippen LogP contribution is -2.16. The highest BCUT2D eigenvalue weighted by atomic mass is 79.9. The van der Waals surface area contributed by atoms with Crippen molar-refractivity contribution in [1.82, 2.24) is 4.98 Å². The number of benzene rings is 1. The van der Waals surface area contributed by atoms with Crippen molar-refractivity contribution in [2.24, 2.45) is 0 Å². The van der Waals surface area contributed by atoms with E-state index in [1.165, 1.54) is 18.3 Å². The standard InChI is InChI=1S/C12H6BrClF2N2O/c13-6-4-9(11(14)17-5-6)18-12(19)10-7(15)2-1-3-8(10)16/h1-5H,(H,18,19). The molecular formula is C12H6BrClF2N2O. The van der Waals surface area contributed by atoms with Gasteiger partial charge in [0.2, 0.25) is 0 Å². The van der Waals surface area contributed by atoms with Crippen LogP contribution in [0, 0.1) is 11.6 Å². The average molecular weight is 348 g/mol. The van der Waals surface area contributed by atoms with E-state index in [1.54, 1.807) is 0 Å². The highest BCUT2D eigenvalue weighted by Gasteiger charge is 2.18. The monoisotopic (exact) mass is 346 g/mol. The Morgan fingerprint density at radius 2 is 1.95 bits per heavy atom. The Morgan fingerprint density at radius 1 is 1.32 bits per heavy atom. The quantitative estimate of drug-likeness (QED) is 0.834. The van der Waals surface area contributed by atoms with E-state index in [-0.39, 0.29) is 10.8 Å². The Balaban J connectivity index is 2.34. The van der Waals surface area contributed by atoms with E-state index >= 15 is 0 Å². The molecule has 0 aliphatic heterocycles. The van der Waals surface area contributed by atoms with E-state index < -0.39 is 23.1 Å². The minimum atomic E-state index is -0.948. The number of carbonyl (C=O) groups excluding carboxylic acids is 1.